The summed E-state index contributed by atoms with van der Waals surface area (Å²) in [4.78, 5) is 22.0. The molecule has 0 aromatic carbocycles. The summed E-state index contributed by atoms with van der Waals surface area (Å²) in [7, 11) is 0. The SMILES string of the molecule is NC(=O)[C@@H]1[C@@H](NC(=O)C(F)(F)F)[C@H]2C=C[C@@H]1C2. The predicted octanol–water partition coefficient (Wildman–Crippen LogP) is 0.341. The number of fused-ring (bicyclic) bond motifs is 2. The molecule has 4 atom stereocenters. The van der Waals surface area contributed by atoms with Crippen LogP contribution in [0.25, 0.3) is 0 Å². The number of amides is 2. The van der Waals surface area contributed by atoms with Crippen LogP contribution in [-0.4, -0.2) is 24.0 Å². The van der Waals surface area contributed by atoms with Crippen LogP contribution < -0.4 is 11.1 Å². The highest BCUT2D eigenvalue weighted by molar-refractivity contribution is 5.84. The fourth-order valence-corrected chi connectivity index (χ4v) is 2.64. The molecule has 7 heteroatoms. The Morgan fingerprint density at radius 2 is 1.82 bits per heavy atom. The summed E-state index contributed by atoms with van der Waals surface area (Å²) in [6, 6.07) is -0.836. The van der Waals surface area contributed by atoms with E-state index in [0.29, 0.717) is 6.42 Å². The zero-order valence-electron chi connectivity index (χ0n) is 8.70. The van der Waals surface area contributed by atoms with E-state index in [0.717, 1.165) is 0 Å². The lowest BCUT2D eigenvalue weighted by atomic mass is 9.88. The first-order valence-electron chi connectivity index (χ1n) is 5.16. The van der Waals surface area contributed by atoms with Gasteiger partial charge in [-0.15, -0.1) is 0 Å². The number of hydrogen-bond donors (Lipinski definition) is 2. The summed E-state index contributed by atoms with van der Waals surface area (Å²) in [5, 5.41) is 1.87. The molecule has 2 amide bonds. The molecule has 2 bridgehead atoms. The molecule has 0 radical (unpaired) electrons. The van der Waals surface area contributed by atoms with Gasteiger partial charge in [0, 0.05) is 6.04 Å². The van der Waals surface area contributed by atoms with Crippen molar-refractivity contribution >= 4 is 11.8 Å². The second kappa shape index (κ2) is 3.75. The zero-order chi connectivity index (χ0) is 12.8. The summed E-state index contributed by atoms with van der Waals surface area (Å²) in [6.07, 6.45) is -0.869. The Morgan fingerprint density at radius 3 is 2.35 bits per heavy atom. The molecule has 4 nitrogen and oxygen atoms in total. The second-order valence-electron chi connectivity index (χ2n) is 4.37. The molecule has 2 rings (SSSR count). The van der Waals surface area contributed by atoms with E-state index in [1.807, 2.05) is 5.32 Å². The maximum Gasteiger partial charge on any atom is 0.471 e. The number of primary amides is 1. The van der Waals surface area contributed by atoms with Crippen LogP contribution >= 0.6 is 0 Å². The molecule has 1 saturated carbocycles. The summed E-state index contributed by atoms with van der Waals surface area (Å²) in [5.41, 5.74) is 5.15. The maximum absolute atomic E-state index is 12.1. The van der Waals surface area contributed by atoms with Gasteiger partial charge in [0.2, 0.25) is 5.91 Å². The van der Waals surface area contributed by atoms with Gasteiger partial charge in [0.1, 0.15) is 0 Å². The highest BCUT2D eigenvalue weighted by atomic mass is 19.4. The minimum Gasteiger partial charge on any atom is -0.369 e. The molecule has 0 aromatic heterocycles. The molecule has 0 unspecified atom stereocenters. The Kier molecular flexibility index (Phi) is 2.63. The van der Waals surface area contributed by atoms with Crippen LogP contribution in [0.4, 0.5) is 13.2 Å². The molecule has 2 aliphatic rings. The van der Waals surface area contributed by atoms with Crippen molar-refractivity contribution < 1.29 is 22.8 Å². The van der Waals surface area contributed by atoms with Gasteiger partial charge in [-0.2, -0.15) is 13.2 Å². The van der Waals surface area contributed by atoms with E-state index >= 15 is 0 Å². The number of nitrogens with one attached hydrogen (secondary N) is 1. The molecule has 0 aliphatic heterocycles. The van der Waals surface area contributed by atoms with E-state index in [2.05, 4.69) is 0 Å². The minimum atomic E-state index is -4.94. The van der Waals surface area contributed by atoms with Gasteiger partial charge in [0.05, 0.1) is 5.92 Å². The van der Waals surface area contributed by atoms with Crippen LogP contribution in [0.5, 0.6) is 0 Å². The smallest absolute Gasteiger partial charge is 0.369 e. The lowest BCUT2D eigenvalue weighted by Crippen LogP contribution is -2.51. The Balaban J connectivity index is 2.13. The van der Waals surface area contributed by atoms with Gasteiger partial charge in [-0.05, 0) is 18.3 Å². The Hall–Kier alpha value is -1.53. The summed E-state index contributed by atoms with van der Waals surface area (Å²) < 4.78 is 36.4. The number of carbonyl (C=O) groups excluding carboxylic acids is 2. The summed E-state index contributed by atoms with van der Waals surface area (Å²) in [6.45, 7) is 0. The average molecular weight is 248 g/mol. The third-order valence-corrected chi connectivity index (χ3v) is 3.34. The number of alkyl halides is 3. The first-order chi connectivity index (χ1) is 7.80. The number of carbonyl (C=O) groups is 2. The Bertz CT molecular complexity index is 392. The molecular formula is C10H11F3N2O2. The lowest BCUT2D eigenvalue weighted by Gasteiger charge is -2.26. The van der Waals surface area contributed by atoms with Crippen LogP contribution in [0.2, 0.25) is 0 Å². The van der Waals surface area contributed by atoms with Gasteiger partial charge in [-0.25, -0.2) is 0 Å². The lowest BCUT2D eigenvalue weighted by molar-refractivity contribution is -0.175. The molecule has 2 aliphatic carbocycles. The average Bonchev–Trinajstić information content (AvgIpc) is 2.75. The van der Waals surface area contributed by atoms with Crippen LogP contribution in [0, 0.1) is 17.8 Å². The molecule has 17 heavy (non-hydrogen) atoms. The molecule has 0 aromatic rings. The first kappa shape index (κ1) is 11.9. The van der Waals surface area contributed by atoms with E-state index in [1.54, 1.807) is 12.2 Å². The van der Waals surface area contributed by atoms with Crippen molar-refractivity contribution in [3.05, 3.63) is 12.2 Å². The number of allylic oxidation sites excluding steroid dienone is 1. The van der Waals surface area contributed by atoms with E-state index in [1.165, 1.54) is 0 Å². The van der Waals surface area contributed by atoms with Crippen molar-refractivity contribution in [2.24, 2.45) is 23.5 Å². The number of rotatable bonds is 2. The Labute approximate surface area is 95.0 Å². The first-order valence-corrected chi connectivity index (χ1v) is 5.16. The molecule has 0 saturated heterocycles. The summed E-state index contributed by atoms with van der Waals surface area (Å²) >= 11 is 0. The highest BCUT2D eigenvalue weighted by Crippen LogP contribution is 2.43. The van der Waals surface area contributed by atoms with Crippen molar-refractivity contribution in [3.63, 3.8) is 0 Å². The van der Waals surface area contributed by atoms with Crippen LogP contribution in [0.3, 0.4) is 0 Å². The van der Waals surface area contributed by atoms with Crippen molar-refractivity contribution in [2.45, 2.75) is 18.6 Å². The standard InChI is InChI=1S/C10H11F3N2O2/c11-10(12,13)9(17)15-7-5-2-1-4(3-5)6(7)8(14)16/h1-2,4-7H,3H2,(H2,14,16)(H,15,17)/t4-,5+,6+,7+/m1/s1. The van der Waals surface area contributed by atoms with Crippen molar-refractivity contribution in [3.8, 4) is 0 Å². The van der Waals surface area contributed by atoms with Crippen molar-refractivity contribution in [1.82, 2.24) is 5.32 Å². The molecule has 94 valence electrons. The van der Waals surface area contributed by atoms with Gasteiger partial charge >= 0.3 is 12.1 Å². The molecule has 0 spiro atoms. The van der Waals surface area contributed by atoms with Crippen molar-refractivity contribution in [1.29, 1.82) is 0 Å². The van der Waals surface area contributed by atoms with E-state index in [9.17, 15) is 22.8 Å². The molecular weight excluding hydrogens is 237 g/mol. The monoisotopic (exact) mass is 248 g/mol. The fourth-order valence-electron chi connectivity index (χ4n) is 2.64. The van der Waals surface area contributed by atoms with E-state index in [4.69, 9.17) is 5.73 Å². The number of halogens is 3. The van der Waals surface area contributed by atoms with Gasteiger partial charge in [0.15, 0.2) is 0 Å². The largest absolute Gasteiger partial charge is 0.471 e. The van der Waals surface area contributed by atoms with Crippen molar-refractivity contribution in [2.75, 3.05) is 0 Å². The maximum atomic E-state index is 12.1. The topological polar surface area (TPSA) is 72.2 Å². The molecule has 3 N–H and O–H groups in total. The van der Waals surface area contributed by atoms with Gasteiger partial charge < -0.3 is 11.1 Å². The van der Waals surface area contributed by atoms with Gasteiger partial charge in [0.25, 0.3) is 0 Å². The van der Waals surface area contributed by atoms with Crippen LogP contribution in [0.1, 0.15) is 6.42 Å². The van der Waals surface area contributed by atoms with Gasteiger partial charge in [-0.1, -0.05) is 12.2 Å². The Morgan fingerprint density at radius 1 is 1.24 bits per heavy atom. The molecule has 1 fully saturated rings. The second-order valence-corrected chi connectivity index (χ2v) is 4.37. The fraction of sp³-hybridized carbons (Fsp3) is 0.600. The number of hydrogen-bond acceptors (Lipinski definition) is 2. The molecule has 0 heterocycles. The predicted molar refractivity (Wildman–Crippen MR) is 51.4 cm³/mol. The minimum absolute atomic E-state index is 0.156. The summed E-state index contributed by atoms with van der Waals surface area (Å²) in [5.74, 6) is -3.82. The van der Waals surface area contributed by atoms with Crippen LogP contribution in [-0.2, 0) is 9.59 Å². The third-order valence-electron chi connectivity index (χ3n) is 3.34. The highest BCUT2D eigenvalue weighted by Gasteiger charge is 2.50. The van der Waals surface area contributed by atoms with E-state index < -0.39 is 30.0 Å². The van der Waals surface area contributed by atoms with Crippen LogP contribution in [0.15, 0.2) is 12.2 Å². The zero-order valence-corrected chi connectivity index (χ0v) is 8.70. The quantitative estimate of drug-likeness (QED) is 0.692. The van der Waals surface area contributed by atoms with E-state index in [-0.39, 0.29) is 11.8 Å². The normalized spacial score (nSPS) is 35.0. The third kappa shape index (κ3) is 2.01. The van der Waals surface area contributed by atoms with Gasteiger partial charge in [-0.3, -0.25) is 9.59 Å². The number of nitrogens with two attached hydrogens (primary N) is 1.